The summed E-state index contributed by atoms with van der Waals surface area (Å²) in [6.45, 7) is 1.17. The van der Waals surface area contributed by atoms with Gasteiger partial charge < -0.3 is 4.57 Å². The normalized spacial score (nSPS) is 17.5. The molecule has 0 N–H and O–H groups in total. The maximum absolute atomic E-state index is 13.4. The summed E-state index contributed by atoms with van der Waals surface area (Å²) in [5.41, 5.74) is 3.09. The topological polar surface area (TPSA) is 55.2 Å². The van der Waals surface area contributed by atoms with Crippen molar-refractivity contribution in [2.45, 2.75) is 30.3 Å². The first kappa shape index (κ1) is 19.0. The third-order valence-corrected chi connectivity index (χ3v) is 7.64. The summed E-state index contributed by atoms with van der Waals surface area (Å²) in [4.78, 5) is 5.24. The summed E-state index contributed by atoms with van der Waals surface area (Å²) in [6.07, 6.45) is 1.59. The Morgan fingerprint density at radius 1 is 0.867 bits per heavy atom. The molecule has 152 valence electrons. The number of sulfonamides is 1. The van der Waals surface area contributed by atoms with E-state index in [1.807, 2.05) is 42.5 Å². The van der Waals surface area contributed by atoms with Gasteiger partial charge in [-0.25, -0.2) is 13.4 Å². The van der Waals surface area contributed by atoms with Crippen LogP contribution in [0.1, 0.15) is 30.3 Å². The van der Waals surface area contributed by atoms with E-state index >= 15 is 0 Å². The Bertz CT molecular complexity index is 1270. The van der Waals surface area contributed by atoms with Crippen LogP contribution in [0.4, 0.5) is 0 Å². The number of rotatable bonds is 5. The highest BCUT2D eigenvalue weighted by Gasteiger charge is 2.38. The number of benzene rings is 3. The Hall–Kier alpha value is -2.96. The minimum atomic E-state index is -3.58. The van der Waals surface area contributed by atoms with Crippen LogP contribution in [0.2, 0.25) is 0 Å². The smallest absolute Gasteiger partial charge is 0.243 e. The number of fused-ring (bicyclic) bond motifs is 1. The van der Waals surface area contributed by atoms with Crippen molar-refractivity contribution in [1.29, 1.82) is 0 Å². The summed E-state index contributed by atoms with van der Waals surface area (Å²) in [7, 11) is -3.58. The minimum Gasteiger partial charge on any atom is -0.322 e. The highest BCUT2D eigenvalue weighted by Crippen LogP contribution is 2.37. The fourth-order valence-corrected chi connectivity index (χ4v) is 5.97. The quantitative estimate of drug-likeness (QED) is 0.476. The molecule has 1 aromatic heterocycles. The molecule has 0 aliphatic carbocycles. The SMILES string of the molecule is O=S(=O)(c1ccccc1)N1CCC[C@H]1c1nc2ccccc2n1Cc1ccccc1. The van der Waals surface area contributed by atoms with Crippen molar-refractivity contribution in [2.24, 2.45) is 0 Å². The van der Waals surface area contributed by atoms with Crippen LogP contribution in [0.3, 0.4) is 0 Å². The van der Waals surface area contributed by atoms with Crippen molar-refractivity contribution < 1.29 is 8.42 Å². The molecule has 6 heteroatoms. The van der Waals surface area contributed by atoms with E-state index in [0.717, 1.165) is 35.3 Å². The maximum Gasteiger partial charge on any atom is 0.243 e. The molecule has 2 heterocycles. The molecule has 1 aliphatic rings. The van der Waals surface area contributed by atoms with Crippen LogP contribution in [-0.4, -0.2) is 28.8 Å². The van der Waals surface area contributed by atoms with Crippen LogP contribution in [0.5, 0.6) is 0 Å². The van der Waals surface area contributed by atoms with Gasteiger partial charge >= 0.3 is 0 Å². The molecular weight excluding hydrogens is 394 g/mol. The molecule has 0 bridgehead atoms. The zero-order valence-corrected chi connectivity index (χ0v) is 17.4. The summed E-state index contributed by atoms with van der Waals surface area (Å²) >= 11 is 0. The molecule has 4 aromatic rings. The first-order valence-corrected chi connectivity index (χ1v) is 11.6. The fraction of sp³-hybridized carbons (Fsp3) is 0.208. The predicted octanol–water partition coefficient (Wildman–Crippen LogP) is 4.61. The summed E-state index contributed by atoms with van der Waals surface area (Å²) < 4.78 is 30.6. The van der Waals surface area contributed by atoms with Gasteiger partial charge in [-0.05, 0) is 42.7 Å². The molecule has 1 fully saturated rings. The van der Waals surface area contributed by atoms with Gasteiger partial charge in [-0.1, -0.05) is 60.7 Å². The van der Waals surface area contributed by atoms with Gasteiger partial charge in [0.2, 0.25) is 10.0 Å². The number of imidazole rings is 1. The lowest BCUT2D eigenvalue weighted by Gasteiger charge is -2.24. The average Bonchev–Trinajstić information content (AvgIpc) is 3.41. The average molecular weight is 418 g/mol. The van der Waals surface area contributed by atoms with Crippen molar-refractivity contribution >= 4 is 21.1 Å². The van der Waals surface area contributed by atoms with Gasteiger partial charge in [-0.2, -0.15) is 4.31 Å². The zero-order chi connectivity index (χ0) is 20.6. The third-order valence-electron chi connectivity index (χ3n) is 5.72. The van der Waals surface area contributed by atoms with Gasteiger partial charge in [-0.15, -0.1) is 0 Å². The van der Waals surface area contributed by atoms with E-state index in [1.165, 1.54) is 0 Å². The molecule has 0 saturated carbocycles. The van der Waals surface area contributed by atoms with Crippen molar-refractivity contribution in [2.75, 3.05) is 6.54 Å². The van der Waals surface area contributed by atoms with E-state index in [4.69, 9.17) is 4.98 Å². The monoisotopic (exact) mass is 417 g/mol. The van der Waals surface area contributed by atoms with E-state index in [1.54, 1.807) is 28.6 Å². The van der Waals surface area contributed by atoms with Crippen LogP contribution in [-0.2, 0) is 16.6 Å². The molecule has 0 unspecified atom stereocenters. The van der Waals surface area contributed by atoms with Gasteiger partial charge in [0, 0.05) is 13.1 Å². The van der Waals surface area contributed by atoms with Crippen LogP contribution in [0.15, 0.2) is 89.8 Å². The second-order valence-electron chi connectivity index (χ2n) is 7.62. The highest BCUT2D eigenvalue weighted by molar-refractivity contribution is 7.89. The maximum atomic E-state index is 13.4. The Morgan fingerprint density at radius 3 is 2.30 bits per heavy atom. The molecule has 1 saturated heterocycles. The van der Waals surface area contributed by atoms with E-state index in [2.05, 4.69) is 22.8 Å². The molecule has 1 atom stereocenters. The van der Waals surface area contributed by atoms with E-state index in [0.29, 0.717) is 18.0 Å². The second-order valence-corrected chi connectivity index (χ2v) is 9.51. The van der Waals surface area contributed by atoms with Crippen molar-refractivity contribution in [3.63, 3.8) is 0 Å². The molecule has 30 heavy (non-hydrogen) atoms. The van der Waals surface area contributed by atoms with Crippen LogP contribution < -0.4 is 0 Å². The number of nitrogens with zero attached hydrogens (tertiary/aromatic N) is 3. The lowest BCUT2D eigenvalue weighted by molar-refractivity contribution is 0.376. The first-order chi connectivity index (χ1) is 14.6. The Kier molecular flexibility index (Phi) is 4.89. The number of hydrogen-bond acceptors (Lipinski definition) is 3. The molecule has 0 amide bonds. The zero-order valence-electron chi connectivity index (χ0n) is 16.6. The molecule has 5 rings (SSSR count). The van der Waals surface area contributed by atoms with E-state index in [9.17, 15) is 8.42 Å². The van der Waals surface area contributed by atoms with Crippen molar-refractivity contribution in [1.82, 2.24) is 13.9 Å². The summed E-state index contributed by atoms with van der Waals surface area (Å²) in [5, 5.41) is 0. The molecular formula is C24H23N3O2S. The number of hydrogen-bond donors (Lipinski definition) is 0. The predicted molar refractivity (Wildman–Crippen MR) is 118 cm³/mol. The Morgan fingerprint density at radius 2 is 1.53 bits per heavy atom. The molecule has 0 radical (unpaired) electrons. The van der Waals surface area contributed by atoms with Crippen LogP contribution in [0, 0.1) is 0 Å². The van der Waals surface area contributed by atoms with E-state index in [-0.39, 0.29) is 6.04 Å². The van der Waals surface area contributed by atoms with Crippen molar-refractivity contribution in [3.8, 4) is 0 Å². The fourth-order valence-electron chi connectivity index (χ4n) is 4.29. The molecule has 1 aliphatic heterocycles. The highest BCUT2D eigenvalue weighted by atomic mass is 32.2. The van der Waals surface area contributed by atoms with Crippen molar-refractivity contribution in [3.05, 3.63) is 96.3 Å². The molecule has 5 nitrogen and oxygen atoms in total. The number of para-hydroxylation sites is 2. The summed E-state index contributed by atoms with van der Waals surface area (Å²) in [6, 6.07) is 26.7. The summed E-state index contributed by atoms with van der Waals surface area (Å²) in [5.74, 6) is 0.817. The Labute approximate surface area is 176 Å². The van der Waals surface area contributed by atoms with Gasteiger partial charge in [0.1, 0.15) is 5.82 Å². The van der Waals surface area contributed by atoms with Gasteiger partial charge in [-0.3, -0.25) is 0 Å². The molecule has 0 spiro atoms. The van der Waals surface area contributed by atoms with Gasteiger partial charge in [0.05, 0.1) is 22.0 Å². The molecule has 3 aromatic carbocycles. The van der Waals surface area contributed by atoms with Gasteiger partial charge in [0.25, 0.3) is 0 Å². The third kappa shape index (κ3) is 3.32. The number of aromatic nitrogens is 2. The Balaban J connectivity index is 1.61. The second kappa shape index (κ2) is 7.70. The minimum absolute atomic E-state index is 0.272. The lowest BCUT2D eigenvalue weighted by Crippen LogP contribution is -2.32. The first-order valence-electron chi connectivity index (χ1n) is 10.2. The van der Waals surface area contributed by atoms with Crippen LogP contribution in [0.25, 0.3) is 11.0 Å². The lowest BCUT2D eigenvalue weighted by atomic mass is 10.2. The standard InChI is InChI=1S/C24H23N3O2S/c28-30(29,20-12-5-2-6-13-20)27-17-9-16-23(27)24-25-21-14-7-8-15-22(21)26(24)18-19-10-3-1-4-11-19/h1-8,10-15,23H,9,16-18H2/t23-/m0/s1. The van der Waals surface area contributed by atoms with E-state index < -0.39 is 10.0 Å². The van der Waals surface area contributed by atoms with Gasteiger partial charge in [0.15, 0.2) is 0 Å². The van der Waals surface area contributed by atoms with Crippen LogP contribution >= 0.6 is 0 Å². The largest absolute Gasteiger partial charge is 0.322 e.